The highest BCUT2D eigenvalue weighted by Gasteiger charge is 2.46. The lowest BCUT2D eigenvalue weighted by Crippen LogP contribution is -2.34. The average molecular weight is 689 g/mol. The van der Waals surface area contributed by atoms with Gasteiger partial charge in [-0.15, -0.1) is 0 Å². The van der Waals surface area contributed by atoms with E-state index in [0.717, 1.165) is 0 Å². The second kappa shape index (κ2) is 14.2. The van der Waals surface area contributed by atoms with Crippen LogP contribution in [0, 0.1) is 0 Å². The van der Waals surface area contributed by atoms with E-state index >= 15 is 4.79 Å². The number of hydrogen-bond acceptors (Lipinski definition) is 12. The zero-order valence-electron chi connectivity index (χ0n) is 29.2. The van der Waals surface area contributed by atoms with Gasteiger partial charge >= 0.3 is 0 Å². The first-order valence-corrected chi connectivity index (χ1v) is 15.8. The molecule has 50 heavy (non-hydrogen) atoms. The summed E-state index contributed by atoms with van der Waals surface area (Å²) in [7, 11) is 12.2. The summed E-state index contributed by atoms with van der Waals surface area (Å²) < 4.78 is 58.4. The standard InChI is InChI=1S/C38H40O12/c1-41-21-15-29(47-7)32-31(16-21)49-37(20-10-12-25(43-3)28(14-20)46-6)35(40)34(32)33-30(48-8)18-26(44-4)22-17-23(39)36(50-38(22)33)19-9-11-24(42-2)27(13-19)45-5/h9-16,18,23,34,36-37,39H,17H2,1-8H3/t23-,34-,36+,37+/m0/s1. The highest BCUT2D eigenvalue weighted by Crippen LogP contribution is 2.56. The van der Waals surface area contributed by atoms with Gasteiger partial charge in [0.25, 0.3) is 0 Å². The largest absolute Gasteiger partial charge is 0.496 e. The van der Waals surface area contributed by atoms with Gasteiger partial charge in [0.05, 0.1) is 80.0 Å². The maximum absolute atomic E-state index is 15.0. The third kappa shape index (κ3) is 5.79. The van der Waals surface area contributed by atoms with E-state index in [1.165, 1.54) is 49.8 Å². The molecule has 2 heterocycles. The zero-order valence-corrected chi connectivity index (χ0v) is 29.2. The molecule has 264 valence electrons. The fourth-order valence-corrected chi connectivity index (χ4v) is 6.72. The lowest BCUT2D eigenvalue weighted by atomic mass is 9.78. The van der Waals surface area contributed by atoms with Gasteiger partial charge in [0.2, 0.25) is 0 Å². The number of ketones is 1. The van der Waals surface area contributed by atoms with Gasteiger partial charge in [0.1, 0.15) is 40.6 Å². The van der Waals surface area contributed by atoms with Gasteiger partial charge in [-0.25, -0.2) is 0 Å². The molecule has 4 atom stereocenters. The quantitative estimate of drug-likeness (QED) is 0.210. The van der Waals surface area contributed by atoms with Gasteiger partial charge in [0.15, 0.2) is 34.9 Å². The van der Waals surface area contributed by atoms with Crippen LogP contribution < -0.4 is 47.4 Å². The first-order chi connectivity index (χ1) is 24.2. The van der Waals surface area contributed by atoms with E-state index in [9.17, 15) is 5.11 Å². The van der Waals surface area contributed by atoms with Crippen molar-refractivity contribution in [3.8, 4) is 57.5 Å². The Balaban J connectivity index is 1.60. The Hall–Kier alpha value is -5.49. The summed E-state index contributed by atoms with van der Waals surface area (Å²) in [6, 6.07) is 15.6. The molecular weight excluding hydrogens is 648 g/mol. The minimum Gasteiger partial charge on any atom is -0.496 e. The monoisotopic (exact) mass is 688 g/mol. The second-order valence-corrected chi connectivity index (χ2v) is 11.6. The molecule has 2 aliphatic rings. The molecule has 0 spiro atoms. The summed E-state index contributed by atoms with van der Waals surface area (Å²) in [5.41, 5.74) is 2.62. The number of carbonyl (C=O) groups excluding carboxylic acids is 1. The SMILES string of the molecule is COc1cc(OC)c2c(c1)O[C@H](c1ccc(OC)c(OC)c1)C(=O)[C@@H]2c1c(OC)cc(OC)c2c1O[C@H](c1ccc(OC)c(OC)c1)[C@@H](O)C2. The number of aliphatic hydroxyl groups is 1. The van der Waals surface area contributed by atoms with Crippen molar-refractivity contribution in [1.82, 2.24) is 0 Å². The number of fused-ring (bicyclic) bond motifs is 2. The minimum atomic E-state index is -1.09. The van der Waals surface area contributed by atoms with Crippen molar-refractivity contribution in [3.05, 3.63) is 82.4 Å². The maximum atomic E-state index is 15.0. The fourth-order valence-electron chi connectivity index (χ4n) is 6.72. The van der Waals surface area contributed by atoms with Crippen molar-refractivity contribution < 1.29 is 57.3 Å². The molecule has 2 aliphatic heterocycles. The third-order valence-electron chi connectivity index (χ3n) is 9.14. The Labute approximate surface area is 290 Å². The topological polar surface area (TPSA) is 130 Å². The van der Waals surface area contributed by atoms with Gasteiger partial charge in [0, 0.05) is 35.7 Å². The summed E-state index contributed by atoms with van der Waals surface area (Å²) in [4.78, 5) is 15.0. The highest BCUT2D eigenvalue weighted by atomic mass is 16.5. The minimum absolute atomic E-state index is 0.150. The summed E-state index contributed by atoms with van der Waals surface area (Å²) in [5.74, 6) is 2.87. The smallest absolute Gasteiger partial charge is 0.190 e. The van der Waals surface area contributed by atoms with Crippen LogP contribution in [0.2, 0.25) is 0 Å². The van der Waals surface area contributed by atoms with Crippen molar-refractivity contribution in [3.63, 3.8) is 0 Å². The predicted molar refractivity (Wildman–Crippen MR) is 181 cm³/mol. The summed E-state index contributed by atoms with van der Waals surface area (Å²) >= 11 is 0. The number of benzene rings is 4. The molecule has 4 aromatic rings. The van der Waals surface area contributed by atoms with Crippen molar-refractivity contribution in [2.45, 2.75) is 30.7 Å². The molecule has 0 bridgehead atoms. The van der Waals surface area contributed by atoms with E-state index in [1.54, 1.807) is 61.7 Å². The van der Waals surface area contributed by atoms with E-state index in [-0.39, 0.29) is 12.2 Å². The summed E-state index contributed by atoms with van der Waals surface area (Å²) in [6.07, 6.45) is -2.78. The number of ether oxygens (including phenoxy) is 10. The Kier molecular flexibility index (Phi) is 9.74. The van der Waals surface area contributed by atoms with Crippen LogP contribution in [-0.2, 0) is 11.2 Å². The number of aliphatic hydroxyl groups excluding tert-OH is 1. The molecular formula is C38H40O12. The molecule has 0 saturated heterocycles. The van der Waals surface area contributed by atoms with Crippen LogP contribution in [0.3, 0.4) is 0 Å². The predicted octanol–water partition coefficient (Wildman–Crippen LogP) is 5.63. The van der Waals surface area contributed by atoms with Crippen molar-refractivity contribution in [2.24, 2.45) is 0 Å². The van der Waals surface area contributed by atoms with Crippen LogP contribution in [-0.4, -0.2) is 73.9 Å². The van der Waals surface area contributed by atoms with E-state index in [1.807, 2.05) is 0 Å². The molecule has 0 amide bonds. The van der Waals surface area contributed by atoms with E-state index in [4.69, 9.17) is 47.4 Å². The van der Waals surface area contributed by atoms with Gasteiger partial charge in [-0.2, -0.15) is 0 Å². The second-order valence-electron chi connectivity index (χ2n) is 11.6. The van der Waals surface area contributed by atoms with Crippen molar-refractivity contribution in [2.75, 3.05) is 56.9 Å². The van der Waals surface area contributed by atoms with E-state index < -0.39 is 24.2 Å². The van der Waals surface area contributed by atoms with Crippen LogP contribution in [0.4, 0.5) is 0 Å². The number of hydrogen-bond donors (Lipinski definition) is 1. The number of rotatable bonds is 11. The zero-order chi connectivity index (χ0) is 35.7. The summed E-state index contributed by atoms with van der Waals surface area (Å²) in [5, 5.41) is 11.5. The van der Waals surface area contributed by atoms with Crippen molar-refractivity contribution >= 4 is 5.78 Å². The Morgan fingerprint density at radius 1 is 0.580 bits per heavy atom. The highest BCUT2D eigenvalue weighted by molar-refractivity contribution is 5.98. The first-order valence-electron chi connectivity index (χ1n) is 15.8. The Bertz CT molecular complexity index is 1900. The normalized spacial score (nSPS) is 19.2. The lowest BCUT2D eigenvalue weighted by Gasteiger charge is -2.38. The van der Waals surface area contributed by atoms with Crippen LogP contribution in [0.15, 0.2) is 54.6 Å². The van der Waals surface area contributed by atoms with Gasteiger partial charge in [-0.3, -0.25) is 4.79 Å². The molecule has 12 nitrogen and oxygen atoms in total. The van der Waals surface area contributed by atoms with Crippen molar-refractivity contribution in [1.29, 1.82) is 0 Å². The number of carbonyl (C=O) groups is 1. The third-order valence-corrected chi connectivity index (χ3v) is 9.14. The molecule has 0 radical (unpaired) electrons. The molecule has 0 aliphatic carbocycles. The van der Waals surface area contributed by atoms with E-state index in [2.05, 4.69) is 0 Å². The van der Waals surface area contributed by atoms with Crippen LogP contribution in [0.1, 0.15) is 45.9 Å². The first kappa shape index (κ1) is 34.4. The fraction of sp³-hybridized carbons (Fsp3) is 0.342. The molecule has 0 saturated carbocycles. The van der Waals surface area contributed by atoms with Gasteiger partial charge < -0.3 is 52.5 Å². The Morgan fingerprint density at radius 3 is 1.72 bits per heavy atom. The van der Waals surface area contributed by atoms with Crippen LogP contribution in [0.25, 0.3) is 0 Å². The van der Waals surface area contributed by atoms with E-state index in [0.29, 0.717) is 85.3 Å². The lowest BCUT2D eigenvalue weighted by molar-refractivity contribution is -0.128. The molecule has 4 aromatic carbocycles. The molecule has 0 unspecified atom stereocenters. The molecule has 1 N–H and O–H groups in total. The van der Waals surface area contributed by atoms with Gasteiger partial charge in [-0.05, 0) is 29.8 Å². The summed E-state index contributed by atoms with van der Waals surface area (Å²) in [6.45, 7) is 0. The number of methoxy groups -OCH3 is 8. The van der Waals surface area contributed by atoms with Crippen LogP contribution >= 0.6 is 0 Å². The molecule has 0 aromatic heterocycles. The van der Waals surface area contributed by atoms with Gasteiger partial charge in [-0.1, -0.05) is 12.1 Å². The maximum Gasteiger partial charge on any atom is 0.190 e. The van der Waals surface area contributed by atoms with Crippen LogP contribution in [0.5, 0.6) is 57.5 Å². The molecule has 6 rings (SSSR count). The molecule has 12 heteroatoms. The molecule has 0 fully saturated rings. The average Bonchev–Trinajstić information content (AvgIpc) is 3.15. The number of Topliss-reactive ketones (excluding diaryl/α,β-unsaturated/α-hetero) is 1. The Morgan fingerprint density at radius 2 is 1.14 bits per heavy atom.